The molecule has 0 saturated carbocycles. The minimum Gasteiger partial charge on any atom is -0.356 e. The predicted molar refractivity (Wildman–Crippen MR) is 117 cm³/mol. The molecule has 32 heavy (non-hydrogen) atoms. The van der Waals surface area contributed by atoms with E-state index < -0.39 is 11.6 Å². The van der Waals surface area contributed by atoms with Gasteiger partial charge in [-0.25, -0.2) is 13.8 Å². The van der Waals surface area contributed by atoms with E-state index in [0.29, 0.717) is 28.2 Å². The summed E-state index contributed by atoms with van der Waals surface area (Å²) in [6, 6.07) is 13.3. The Kier molecular flexibility index (Phi) is 4.74. The number of carbonyl (C=O) groups is 1. The van der Waals surface area contributed by atoms with Crippen molar-refractivity contribution in [3.8, 4) is 33.6 Å². The third kappa shape index (κ3) is 3.41. The third-order valence-electron chi connectivity index (χ3n) is 5.13. The molecule has 0 bridgehead atoms. The molecule has 3 aromatic heterocycles. The second kappa shape index (κ2) is 7.73. The van der Waals surface area contributed by atoms with E-state index in [1.807, 2.05) is 18.2 Å². The first-order chi connectivity index (χ1) is 15.5. The molecule has 0 aliphatic heterocycles. The van der Waals surface area contributed by atoms with Gasteiger partial charge in [-0.3, -0.25) is 4.79 Å². The van der Waals surface area contributed by atoms with Crippen molar-refractivity contribution < 1.29 is 18.1 Å². The third-order valence-corrected chi connectivity index (χ3v) is 5.13. The number of nitrogens with one attached hydrogen (secondary N) is 2. The zero-order chi connectivity index (χ0) is 22.2. The molecule has 3 heterocycles. The average Bonchev–Trinajstić information content (AvgIpc) is 3.42. The number of H-pyrrole nitrogens is 1. The Hall–Kier alpha value is -4.33. The van der Waals surface area contributed by atoms with Gasteiger partial charge in [0.15, 0.2) is 17.4 Å². The molecule has 0 unspecified atom stereocenters. The van der Waals surface area contributed by atoms with Crippen LogP contribution in [0.25, 0.3) is 44.6 Å². The first-order valence-electron chi connectivity index (χ1n) is 9.76. The fourth-order valence-corrected chi connectivity index (χ4v) is 3.64. The van der Waals surface area contributed by atoms with Gasteiger partial charge in [0, 0.05) is 47.1 Å². The fourth-order valence-electron chi connectivity index (χ4n) is 3.64. The number of nitrogens with zero attached hydrogens (tertiary/aromatic N) is 2. The quantitative estimate of drug-likeness (QED) is 0.378. The molecule has 0 aliphatic rings. The van der Waals surface area contributed by atoms with Crippen molar-refractivity contribution >= 4 is 22.6 Å². The molecule has 8 heteroatoms. The maximum atomic E-state index is 14.4. The smallest absolute Gasteiger partial charge is 0.221 e. The van der Waals surface area contributed by atoms with Crippen LogP contribution >= 0.6 is 0 Å². The monoisotopic (exact) mass is 430 g/mol. The highest BCUT2D eigenvalue weighted by molar-refractivity contribution is 5.98. The molecule has 2 aromatic carbocycles. The Morgan fingerprint density at radius 2 is 1.81 bits per heavy atom. The van der Waals surface area contributed by atoms with E-state index in [4.69, 9.17) is 4.52 Å². The zero-order valence-corrected chi connectivity index (χ0v) is 16.8. The molecular weight excluding hydrogens is 414 g/mol. The number of amides is 1. The van der Waals surface area contributed by atoms with Crippen LogP contribution in [0.3, 0.4) is 0 Å². The number of hydrogen-bond donors (Lipinski definition) is 2. The van der Waals surface area contributed by atoms with Crippen LogP contribution in [0, 0.1) is 11.6 Å². The first kappa shape index (κ1) is 19.6. The number of aromatic nitrogens is 3. The predicted octanol–water partition coefficient (Wildman–Crippen LogP) is 5.79. The van der Waals surface area contributed by atoms with Crippen molar-refractivity contribution in [1.82, 2.24) is 15.1 Å². The molecule has 158 valence electrons. The standard InChI is InChI=1S/C24H16F2N4O2/c1-13(31)30-16-7-5-14(6-8-16)15-9-18-19(11-28-24(18)27-10-15)23-20(12-29-32-23)17-3-2-4-21(25)22(17)26/h2-12H,1H3,(H,27,28)(H,30,31). The molecule has 0 fully saturated rings. The highest BCUT2D eigenvalue weighted by Crippen LogP contribution is 2.38. The summed E-state index contributed by atoms with van der Waals surface area (Å²) >= 11 is 0. The lowest BCUT2D eigenvalue weighted by molar-refractivity contribution is -0.114. The number of benzene rings is 2. The van der Waals surface area contributed by atoms with Crippen LogP contribution in [-0.4, -0.2) is 21.0 Å². The fraction of sp³-hybridized carbons (Fsp3) is 0.0417. The van der Waals surface area contributed by atoms with Crippen LogP contribution < -0.4 is 5.32 Å². The molecule has 0 radical (unpaired) electrons. The molecular formula is C24H16F2N4O2. The Morgan fingerprint density at radius 3 is 2.59 bits per heavy atom. The van der Waals surface area contributed by atoms with E-state index in [0.717, 1.165) is 22.6 Å². The second-order valence-corrected chi connectivity index (χ2v) is 7.25. The van der Waals surface area contributed by atoms with Gasteiger partial charge in [0.25, 0.3) is 0 Å². The number of halogens is 2. The summed E-state index contributed by atoms with van der Waals surface area (Å²) in [6.07, 6.45) is 4.79. The lowest BCUT2D eigenvalue weighted by Crippen LogP contribution is -2.05. The van der Waals surface area contributed by atoms with Gasteiger partial charge in [-0.05, 0) is 29.8 Å². The van der Waals surface area contributed by atoms with Crippen LogP contribution in [0.15, 0.2) is 71.6 Å². The minimum atomic E-state index is -0.963. The molecule has 1 amide bonds. The summed E-state index contributed by atoms with van der Waals surface area (Å²) in [6.45, 7) is 1.45. The topological polar surface area (TPSA) is 83.8 Å². The molecule has 0 atom stereocenters. The van der Waals surface area contributed by atoms with Crippen molar-refractivity contribution in [2.45, 2.75) is 6.92 Å². The number of aromatic amines is 1. The Balaban J connectivity index is 1.58. The molecule has 0 spiro atoms. The van der Waals surface area contributed by atoms with Crippen LogP contribution in [0.5, 0.6) is 0 Å². The highest BCUT2D eigenvalue weighted by atomic mass is 19.2. The van der Waals surface area contributed by atoms with Gasteiger partial charge >= 0.3 is 0 Å². The average molecular weight is 430 g/mol. The summed E-state index contributed by atoms with van der Waals surface area (Å²) in [5.41, 5.74) is 4.07. The number of anilines is 1. The number of hydrogen-bond acceptors (Lipinski definition) is 4. The molecule has 0 saturated heterocycles. The maximum Gasteiger partial charge on any atom is 0.221 e. The highest BCUT2D eigenvalue weighted by Gasteiger charge is 2.21. The summed E-state index contributed by atoms with van der Waals surface area (Å²) in [5.74, 6) is -1.74. The van der Waals surface area contributed by atoms with E-state index in [-0.39, 0.29) is 11.5 Å². The van der Waals surface area contributed by atoms with Gasteiger partial charge in [0.1, 0.15) is 5.65 Å². The molecule has 5 aromatic rings. The van der Waals surface area contributed by atoms with Crippen molar-refractivity contribution in [1.29, 1.82) is 0 Å². The summed E-state index contributed by atoms with van der Waals surface area (Å²) in [7, 11) is 0. The van der Waals surface area contributed by atoms with E-state index in [1.54, 1.807) is 24.5 Å². The van der Waals surface area contributed by atoms with Crippen LogP contribution in [0.1, 0.15) is 6.92 Å². The second-order valence-electron chi connectivity index (χ2n) is 7.25. The zero-order valence-electron chi connectivity index (χ0n) is 16.8. The number of carbonyl (C=O) groups excluding carboxylic acids is 1. The molecule has 2 N–H and O–H groups in total. The number of fused-ring (bicyclic) bond motifs is 1. The Bertz CT molecular complexity index is 1450. The van der Waals surface area contributed by atoms with Crippen molar-refractivity contribution in [3.63, 3.8) is 0 Å². The van der Waals surface area contributed by atoms with E-state index in [2.05, 4.69) is 20.4 Å². The molecule has 0 aliphatic carbocycles. The van der Waals surface area contributed by atoms with E-state index >= 15 is 0 Å². The number of rotatable bonds is 4. The Morgan fingerprint density at radius 1 is 1.00 bits per heavy atom. The van der Waals surface area contributed by atoms with Crippen molar-refractivity contribution in [2.75, 3.05) is 5.32 Å². The largest absolute Gasteiger partial charge is 0.356 e. The van der Waals surface area contributed by atoms with Gasteiger partial charge in [-0.15, -0.1) is 0 Å². The van der Waals surface area contributed by atoms with Gasteiger partial charge in [-0.1, -0.05) is 29.4 Å². The maximum absolute atomic E-state index is 14.4. The summed E-state index contributed by atoms with van der Waals surface area (Å²) in [5, 5.41) is 7.28. The van der Waals surface area contributed by atoms with Gasteiger partial charge < -0.3 is 14.8 Å². The van der Waals surface area contributed by atoms with Gasteiger partial charge in [0.2, 0.25) is 5.91 Å². The molecule has 6 nitrogen and oxygen atoms in total. The van der Waals surface area contributed by atoms with Gasteiger partial charge in [-0.2, -0.15) is 0 Å². The van der Waals surface area contributed by atoms with Crippen LogP contribution in [0.4, 0.5) is 14.5 Å². The summed E-state index contributed by atoms with van der Waals surface area (Å²) < 4.78 is 33.6. The van der Waals surface area contributed by atoms with Crippen molar-refractivity contribution in [2.24, 2.45) is 0 Å². The van der Waals surface area contributed by atoms with E-state index in [1.165, 1.54) is 25.3 Å². The SMILES string of the molecule is CC(=O)Nc1ccc(-c2cnc3[nH]cc(-c4oncc4-c4cccc(F)c4F)c3c2)cc1. The first-order valence-corrected chi connectivity index (χ1v) is 9.76. The minimum absolute atomic E-state index is 0.0632. The van der Waals surface area contributed by atoms with Gasteiger partial charge in [0.05, 0.1) is 11.8 Å². The lowest BCUT2D eigenvalue weighted by Gasteiger charge is -2.06. The number of pyridine rings is 1. The van der Waals surface area contributed by atoms with Crippen molar-refractivity contribution in [3.05, 3.63) is 78.8 Å². The van der Waals surface area contributed by atoms with Crippen LogP contribution in [0.2, 0.25) is 0 Å². The molecule has 5 rings (SSSR count). The van der Waals surface area contributed by atoms with Crippen LogP contribution in [-0.2, 0) is 4.79 Å². The Labute approximate surface area is 180 Å². The normalized spacial score (nSPS) is 11.1. The summed E-state index contributed by atoms with van der Waals surface area (Å²) in [4.78, 5) is 18.8. The van der Waals surface area contributed by atoms with E-state index in [9.17, 15) is 13.6 Å². The lowest BCUT2D eigenvalue weighted by atomic mass is 10.0.